The highest BCUT2D eigenvalue weighted by Crippen LogP contribution is 2.57. The van der Waals surface area contributed by atoms with Crippen LogP contribution in [0.3, 0.4) is 0 Å². The van der Waals surface area contributed by atoms with Gasteiger partial charge in [0.05, 0.1) is 0 Å². The van der Waals surface area contributed by atoms with Crippen molar-refractivity contribution in [3.05, 3.63) is 11.6 Å². The molecule has 1 unspecified atom stereocenters. The van der Waals surface area contributed by atoms with E-state index in [1.54, 1.807) is 0 Å². The van der Waals surface area contributed by atoms with E-state index in [1.165, 1.54) is 25.7 Å². The fraction of sp³-hybridized carbons (Fsp3) is 0.846. The Bertz CT molecular complexity index is 259. The van der Waals surface area contributed by atoms with Gasteiger partial charge in [-0.3, -0.25) is 0 Å². The van der Waals surface area contributed by atoms with Crippen molar-refractivity contribution in [2.45, 2.75) is 45.6 Å². The molecule has 0 aromatic carbocycles. The molecule has 2 aliphatic rings. The van der Waals surface area contributed by atoms with Gasteiger partial charge in [0.15, 0.2) is 0 Å². The summed E-state index contributed by atoms with van der Waals surface area (Å²) in [5, 5.41) is 4.30. The second kappa shape index (κ2) is 4.10. The molecule has 2 heteroatoms. The van der Waals surface area contributed by atoms with E-state index >= 15 is 0 Å². The van der Waals surface area contributed by atoms with Crippen LogP contribution < -0.4 is 5.32 Å². The first-order valence-electron chi connectivity index (χ1n) is 6.10. The molecular weight excluding hydrogens is 206 g/mol. The maximum Gasteiger partial charge on any atom is 0.0310 e. The Labute approximate surface area is 98.3 Å². The minimum absolute atomic E-state index is 0.456. The molecule has 2 aliphatic carbocycles. The fourth-order valence-electron chi connectivity index (χ4n) is 3.78. The van der Waals surface area contributed by atoms with Crippen molar-refractivity contribution >= 4 is 11.6 Å². The minimum Gasteiger partial charge on any atom is -0.308 e. The van der Waals surface area contributed by atoms with Crippen molar-refractivity contribution in [2.24, 2.45) is 17.3 Å². The van der Waals surface area contributed by atoms with Crippen molar-refractivity contribution in [1.82, 2.24) is 5.32 Å². The lowest BCUT2D eigenvalue weighted by atomic mass is 9.48. The Balaban J connectivity index is 1.96. The number of nitrogens with one attached hydrogen (secondary N) is 1. The molecule has 2 saturated carbocycles. The van der Waals surface area contributed by atoms with Gasteiger partial charge in [0.2, 0.25) is 0 Å². The second-order valence-electron chi connectivity index (χ2n) is 5.75. The highest BCUT2D eigenvalue weighted by Gasteiger charge is 2.55. The average Bonchev–Trinajstić information content (AvgIpc) is 2.17. The monoisotopic (exact) mass is 227 g/mol. The molecule has 0 bridgehead atoms. The first kappa shape index (κ1) is 11.5. The second-order valence-corrected chi connectivity index (χ2v) is 6.29. The topological polar surface area (TPSA) is 12.0 Å². The predicted octanol–water partition coefficient (Wildman–Crippen LogP) is 3.54. The highest BCUT2D eigenvalue weighted by molar-refractivity contribution is 6.29. The largest absolute Gasteiger partial charge is 0.308 e. The molecule has 2 rings (SSSR count). The van der Waals surface area contributed by atoms with E-state index < -0.39 is 0 Å². The Morgan fingerprint density at radius 1 is 1.40 bits per heavy atom. The number of halogens is 1. The summed E-state index contributed by atoms with van der Waals surface area (Å²) in [5.74, 6) is 1.83. The first-order chi connectivity index (χ1) is 7.03. The molecule has 86 valence electrons. The lowest BCUT2D eigenvalue weighted by molar-refractivity contribution is -0.0860. The molecule has 2 fully saturated rings. The first-order valence-corrected chi connectivity index (χ1v) is 6.48. The smallest absolute Gasteiger partial charge is 0.0310 e. The van der Waals surface area contributed by atoms with E-state index in [1.807, 2.05) is 0 Å². The molecule has 0 spiro atoms. The van der Waals surface area contributed by atoms with Gasteiger partial charge in [-0.1, -0.05) is 44.9 Å². The summed E-state index contributed by atoms with van der Waals surface area (Å²) in [5.41, 5.74) is 0.456. The van der Waals surface area contributed by atoms with Crippen LogP contribution in [0.1, 0.15) is 39.5 Å². The number of hydrogen-bond donors (Lipinski definition) is 1. The Morgan fingerprint density at radius 2 is 2.07 bits per heavy atom. The molecule has 1 N–H and O–H groups in total. The maximum atomic E-state index is 5.81. The SMILES string of the molecule is C=C(Cl)CNC1[C@@H]2CCCC[C@@H]2C1(C)C. The molecule has 0 radical (unpaired) electrons. The van der Waals surface area contributed by atoms with Gasteiger partial charge in [0, 0.05) is 17.6 Å². The number of hydrogen-bond acceptors (Lipinski definition) is 1. The van der Waals surface area contributed by atoms with E-state index in [9.17, 15) is 0 Å². The van der Waals surface area contributed by atoms with Gasteiger partial charge in [0.25, 0.3) is 0 Å². The Morgan fingerprint density at radius 3 is 2.73 bits per heavy atom. The summed E-state index contributed by atoms with van der Waals surface area (Å²) in [6, 6.07) is 0.651. The van der Waals surface area contributed by atoms with Crippen LogP contribution in [0.25, 0.3) is 0 Å². The van der Waals surface area contributed by atoms with Gasteiger partial charge in [-0.15, -0.1) is 0 Å². The normalized spacial score (nSPS) is 37.9. The lowest BCUT2D eigenvalue weighted by Gasteiger charge is -2.61. The van der Waals surface area contributed by atoms with E-state index in [4.69, 9.17) is 11.6 Å². The third-order valence-corrected chi connectivity index (χ3v) is 4.65. The minimum atomic E-state index is 0.456. The van der Waals surface area contributed by atoms with Crippen molar-refractivity contribution in [3.63, 3.8) is 0 Å². The quantitative estimate of drug-likeness (QED) is 0.778. The third kappa shape index (κ3) is 1.97. The summed E-state index contributed by atoms with van der Waals surface area (Å²) in [7, 11) is 0. The zero-order valence-electron chi connectivity index (χ0n) is 9.85. The summed E-state index contributed by atoms with van der Waals surface area (Å²) < 4.78 is 0. The van der Waals surface area contributed by atoms with Crippen molar-refractivity contribution in [3.8, 4) is 0 Å². The molecule has 0 aromatic heterocycles. The van der Waals surface area contributed by atoms with Crippen LogP contribution in [0.2, 0.25) is 0 Å². The van der Waals surface area contributed by atoms with Crippen molar-refractivity contribution in [1.29, 1.82) is 0 Å². The lowest BCUT2D eigenvalue weighted by Crippen LogP contribution is -2.64. The summed E-state index contributed by atoms with van der Waals surface area (Å²) in [6.45, 7) is 9.30. The van der Waals surface area contributed by atoms with E-state index in [-0.39, 0.29) is 0 Å². The Hall–Kier alpha value is -0.0100. The molecule has 1 nitrogen and oxygen atoms in total. The van der Waals surface area contributed by atoms with Gasteiger partial charge in [0.1, 0.15) is 0 Å². The van der Waals surface area contributed by atoms with E-state index in [2.05, 4.69) is 25.7 Å². The van der Waals surface area contributed by atoms with Crippen LogP contribution in [-0.2, 0) is 0 Å². The number of rotatable bonds is 3. The molecular formula is C13H22ClN. The van der Waals surface area contributed by atoms with Crippen LogP contribution in [0.15, 0.2) is 11.6 Å². The van der Waals surface area contributed by atoms with E-state index in [0.717, 1.165) is 23.4 Å². The standard InChI is InChI=1S/C13H22ClN/c1-9(14)8-15-12-10-6-4-5-7-11(10)13(12,2)3/h10-12,15H,1,4-8H2,2-3H3/t10-,11+,12?/m1/s1. The zero-order chi connectivity index (χ0) is 11.1. The predicted molar refractivity (Wildman–Crippen MR) is 66.0 cm³/mol. The van der Waals surface area contributed by atoms with Crippen LogP contribution in [0.5, 0.6) is 0 Å². The van der Waals surface area contributed by atoms with Gasteiger partial charge >= 0.3 is 0 Å². The van der Waals surface area contributed by atoms with Crippen LogP contribution >= 0.6 is 11.6 Å². The van der Waals surface area contributed by atoms with Crippen LogP contribution in [0, 0.1) is 17.3 Å². The van der Waals surface area contributed by atoms with Gasteiger partial charge in [-0.2, -0.15) is 0 Å². The maximum absolute atomic E-state index is 5.81. The zero-order valence-corrected chi connectivity index (χ0v) is 10.6. The number of fused-ring (bicyclic) bond motifs is 1. The molecule has 3 atom stereocenters. The van der Waals surface area contributed by atoms with Gasteiger partial charge in [-0.25, -0.2) is 0 Å². The molecule has 0 aliphatic heterocycles. The summed E-state index contributed by atoms with van der Waals surface area (Å²) >= 11 is 5.81. The molecule has 0 saturated heterocycles. The molecule has 0 aromatic rings. The van der Waals surface area contributed by atoms with Gasteiger partial charge < -0.3 is 5.32 Å². The van der Waals surface area contributed by atoms with Crippen LogP contribution in [-0.4, -0.2) is 12.6 Å². The highest BCUT2D eigenvalue weighted by atomic mass is 35.5. The fourth-order valence-corrected chi connectivity index (χ4v) is 3.86. The molecule has 0 heterocycles. The van der Waals surface area contributed by atoms with E-state index in [0.29, 0.717) is 11.5 Å². The summed E-state index contributed by atoms with van der Waals surface area (Å²) in [6.07, 6.45) is 5.68. The third-order valence-electron chi connectivity index (χ3n) is 4.52. The average molecular weight is 228 g/mol. The Kier molecular flexibility index (Phi) is 3.14. The summed E-state index contributed by atoms with van der Waals surface area (Å²) in [4.78, 5) is 0. The van der Waals surface area contributed by atoms with Crippen LogP contribution in [0.4, 0.5) is 0 Å². The molecule has 0 amide bonds. The van der Waals surface area contributed by atoms with Gasteiger partial charge in [-0.05, 0) is 30.1 Å². The van der Waals surface area contributed by atoms with Crippen molar-refractivity contribution < 1.29 is 0 Å². The van der Waals surface area contributed by atoms with Crippen molar-refractivity contribution in [2.75, 3.05) is 6.54 Å². The molecule has 15 heavy (non-hydrogen) atoms.